The predicted molar refractivity (Wildman–Crippen MR) is 51.4 cm³/mol. The summed E-state index contributed by atoms with van der Waals surface area (Å²) in [6, 6.07) is 0. The highest BCUT2D eigenvalue weighted by atomic mass is 31.2. The van der Waals surface area contributed by atoms with Crippen molar-refractivity contribution in [2.75, 3.05) is 19.3 Å². The SMILES string of the molecule is CCCCP(=O)(F)N(CC)CC. The number of halogens is 1. The molecule has 0 fully saturated rings. The van der Waals surface area contributed by atoms with Crippen molar-refractivity contribution in [2.45, 2.75) is 33.6 Å². The lowest BCUT2D eigenvalue weighted by atomic mass is 10.4. The number of hydrogen-bond acceptors (Lipinski definition) is 1. The molecule has 0 bridgehead atoms. The summed E-state index contributed by atoms with van der Waals surface area (Å²) in [7, 11) is -3.49. The molecule has 0 saturated heterocycles. The first-order valence-electron chi connectivity index (χ1n) is 4.62. The van der Waals surface area contributed by atoms with Gasteiger partial charge in [0.15, 0.2) is 0 Å². The third-order valence-electron chi connectivity index (χ3n) is 1.94. The van der Waals surface area contributed by atoms with Gasteiger partial charge >= 0.3 is 7.60 Å². The van der Waals surface area contributed by atoms with Gasteiger partial charge in [-0.2, -0.15) is 4.20 Å². The van der Waals surface area contributed by atoms with Crippen molar-refractivity contribution in [2.24, 2.45) is 0 Å². The average molecular weight is 195 g/mol. The molecule has 0 aromatic carbocycles. The van der Waals surface area contributed by atoms with Gasteiger partial charge in [0.2, 0.25) is 0 Å². The summed E-state index contributed by atoms with van der Waals surface area (Å²) in [6.07, 6.45) is 1.82. The average Bonchev–Trinajstić information content (AvgIpc) is 2.03. The Kier molecular flexibility index (Phi) is 5.77. The van der Waals surface area contributed by atoms with Crippen molar-refractivity contribution in [1.29, 1.82) is 0 Å². The number of hydrogen-bond donors (Lipinski definition) is 0. The summed E-state index contributed by atoms with van der Waals surface area (Å²) in [5.74, 6) is 0. The van der Waals surface area contributed by atoms with E-state index >= 15 is 0 Å². The molecule has 12 heavy (non-hydrogen) atoms. The molecule has 0 aliphatic carbocycles. The van der Waals surface area contributed by atoms with E-state index in [1.54, 1.807) is 0 Å². The number of nitrogens with zero attached hydrogens (tertiary/aromatic N) is 1. The highest BCUT2D eigenvalue weighted by molar-refractivity contribution is 7.56. The zero-order valence-corrected chi connectivity index (χ0v) is 9.11. The molecule has 0 aliphatic heterocycles. The molecule has 2 nitrogen and oxygen atoms in total. The second-order valence-corrected chi connectivity index (χ2v) is 5.08. The van der Waals surface area contributed by atoms with Crippen LogP contribution in [0.15, 0.2) is 0 Å². The van der Waals surface area contributed by atoms with Crippen LogP contribution in [0.3, 0.4) is 0 Å². The van der Waals surface area contributed by atoms with E-state index in [1.165, 1.54) is 4.67 Å². The van der Waals surface area contributed by atoms with E-state index in [-0.39, 0.29) is 6.16 Å². The predicted octanol–water partition coefficient (Wildman–Crippen LogP) is 3.29. The van der Waals surface area contributed by atoms with Crippen LogP contribution < -0.4 is 0 Å². The minimum Gasteiger partial charge on any atom is -0.270 e. The molecular weight excluding hydrogens is 176 g/mol. The summed E-state index contributed by atoms with van der Waals surface area (Å²) in [4.78, 5) is 0. The molecule has 0 aromatic rings. The van der Waals surface area contributed by atoms with Gasteiger partial charge in [-0.25, -0.2) is 4.67 Å². The van der Waals surface area contributed by atoms with Crippen molar-refractivity contribution in [3.8, 4) is 0 Å². The standard InChI is InChI=1S/C8H19FNOP/c1-4-7-8-12(9,11)10(5-2)6-3/h4-8H2,1-3H3. The Morgan fingerprint density at radius 1 is 1.25 bits per heavy atom. The highest BCUT2D eigenvalue weighted by Gasteiger charge is 2.26. The topological polar surface area (TPSA) is 20.3 Å². The van der Waals surface area contributed by atoms with E-state index in [0.29, 0.717) is 19.5 Å². The van der Waals surface area contributed by atoms with Crippen molar-refractivity contribution in [3.63, 3.8) is 0 Å². The van der Waals surface area contributed by atoms with E-state index in [2.05, 4.69) is 0 Å². The third-order valence-corrected chi connectivity index (χ3v) is 4.22. The molecule has 0 radical (unpaired) electrons. The van der Waals surface area contributed by atoms with Crippen LogP contribution in [0, 0.1) is 0 Å². The van der Waals surface area contributed by atoms with E-state index in [9.17, 15) is 8.76 Å². The maximum Gasteiger partial charge on any atom is 0.310 e. The quantitative estimate of drug-likeness (QED) is 0.606. The maximum absolute atomic E-state index is 13.4. The first-order chi connectivity index (χ1) is 5.58. The maximum atomic E-state index is 13.4. The fourth-order valence-electron chi connectivity index (χ4n) is 1.14. The van der Waals surface area contributed by atoms with Gasteiger partial charge in [-0.3, -0.25) is 4.57 Å². The molecule has 0 N–H and O–H groups in total. The molecule has 0 aliphatic rings. The zero-order valence-electron chi connectivity index (χ0n) is 8.22. The Balaban J connectivity index is 4.06. The summed E-state index contributed by atoms with van der Waals surface area (Å²) in [6.45, 7) is 6.72. The molecular formula is C8H19FNOP. The van der Waals surface area contributed by atoms with E-state index in [0.717, 1.165) is 6.42 Å². The van der Waals surface area contributed by atoms with E-state index < -0.39 is 7.60 Å². The van der Waals surface area contributed by atoms with Crippen LogP contribution in [0.2, 0.25) is 0 Å². The van der Waals surface area contributed by atoms with Crippen LogP contribution >= 0.6 is 7.60 Å². The van der Waals surface area contributed by atoms with Gasteiger partial charge in [0.25, 0.3) is 0 Å². The molecule has 0 saturated carbocycles. The lowest BCUT2D eigenvalue weighted by molar-refractivity contribution is 0.406. The second kappa shape index (κ2) is 5.71. The molecule has 0 heterocycles. The van der Waals surface area contributed by atoms with Crippen molar-refractivity contribution < 1.29 is 8.76 Å². The van der Waals surface area contributed by atoms with Gasteiger partial charge in [0.1, 0.15) is 0 Å². The number of unbranched alkanes of at least 4 members (excludes halogenated alkanes) is 1. The largest absolute Gasteiger partial charge is 0.310 e. The lowest BCUT2D eigenvalue weighted by Gasteiger charge is -2.22. The molecule has 0 amide bonds. The van der Waals surface area contributed by atoms with Gasteiger partial charge in [0, 0.05) is 19.3 Å². The minimum absolute atomic E-state index is 0.213. The van der Waals surface area contributed by atoms with Crippen molar-refractivity contribution in [3.05, 3.63) is 0 Å². The first kappa shape index (κ1) is 12.1. The second-order valence-electron chi connectivity index (χ2n) is 2.83. The van der Waals surface area contributed by atoms with Crippen LogP contribution in [0.1, 0.15) is 33.6 Å². The molecule has 4 heteroatoms. The van der Waals surface area contributed by atoms with Crippen LogP contribution in [-0.4, -0.2) is 23.9 Å². The zero-order chi connectivity index (χ0) is 9.61. The summed E-state index contributed by atoms with van der Waals surface area (Å²) in [5.41, 5.74) is 0. The molecule has 74 valence electrons. The first-order valence-corrected chi connectivity index (χ1v) is 6.36. The van der Waals surface area contributed by atoms with E-state index in [4.69, 9.17) is 0 Å². The van der Waals surface area contributed by atoms with Gasteiger partial charge in [-0.1, -0.05) is 27.2 Å². The van der Waals surface area contributed by atoms with Crippen molar-refractivity contribution >= 4 is 7.60 Å². The third kappa shape index (κ3) is 3.68. The molecule has 0 spiro atoms. The number of rotatable bonds is 6. The van der Waals surface area contributed by atoms with Crippen molar-refractivity contribution in [1.82, 2.24) is 4.67 Å². The molecule has 1 atom stereocenters. The van der Waals surface area contributed by atoms with Crippen LogP contribution in [0.4, 0.5) is 4.20 Å². The normalized spacial score (nSPS) is 16.4. The highest BCUT2D eigenvalue weighted by Crippen LogP contribution is 2.51. The van der Waals surface area contributed by atoms with E-state index in [1.807, 2.05) is 20.8 Å². The van der Waals surface area contributed by atoms with Gasteiger partial charge in [0.05, 0.1) is 0 Å². The minimum atomic E-state index is -3.49. The molecule has 1 unspecified atom stereocenters. The molecule has 0 aromatic heterocycles. The Labute approximate surface area is 74.7 Å². The van der Waals surface area contributed by atoms with Gasteiger partial charge < -0.3 is 0 Å². The Morgan fingerprint density at radius 3 is 2.08 bits per heavy atom. The molecule has 0 rings (SSSR count). The van der Waals surface area contributed by atoms with Crippen LogP contribution in [0.25, 0.3) is 0 Å². The van der Waals surface area contributed by atoms with Gasteiger partial charge in [-0.05, 0) is 6.42 Å². The van der Waals surface area contributed by atoms with Crippen LogP contribution in [-0.2, 0) is 4.57 Å². The Bertz CT molecular complexity index is 159. The fourth-order valence-corrected chi connectivity index (χ4v) is 2.97. The Hall–Kier alpha value is 0.120. The monoisotopic (exact) mass is 195 g/mol. The summed E-state index contributed by atoms with van der Waals surface area (Å²) in [5, 5.41) is 0. The van der Waals surface area contributed by atoms with Crippen LogP contribution in [0.5, 0.6) is 0 Å². The smallest absolute Gasteiger partial charge is 0.270 e. The lowest BCUT2D eigenvalue weighted by Crippen LogP contribution is -2.19. The van der Waals surface area contributed by atoms with Gasteiger partial charge in [-0.15, -0.1) is 0 Å². The summed E-state index contributed by atoms with van der Waals surface area (Å²) < 4.78 is 26.3. The fraction of sp³-hybridized carbons (Fsp3) is 1.00. The Morgan fingerprint density at radius 2 is 1.75 bits per heavy atom. The summed E-state index contributed by atoms with van der Waals surface area (Å²) >= 11 is 0.